The third kappa shape index (κ3) is 3.35. The van der Waals surface area contributed by atoms with Gasteiger partial charge in [0.05, 0.1) is 6.04 Å². The number of hydrogen-bond donors (Lipinski definition) is 1. The maximum absolute atomic E-state index is 12.8. The molecule has 2 saturated heterocycles. The lowest BCUT2D eigenvalue weighted by atomic mass is 9.93. The van der Waals surface area contributed by atoms with Crippen LogP contribution in [0.4, 0.5) is 0 Å². The van der Waals surface area contributed by atoms with Gasteiger partial charge in [0, 0.05) is 37.9 Å². The molecule has 2 aliphatic heterocycles. The molecule has 0 aromatic carbocycles. The van der Waals surface area contributed by atoms with Crippen molar-refractivity contribution in [1.82, 2.24) is 19.8 Å². The zero-order valence-electron chi connectivity index (χ0n) is 14.0. The highest BCUT2D eigenvalue weighted by atomic mass is 16.2. The number of piperidine rings is 1. The Labute approximate surface area is 133 Å². The van der Waals surface area contributed by atoms with E-state index in [1.54, 1.807) is 0 Å². The van der Waals surface area contributed by atoms with E-state index < -0.39 is 0 Å². The number of hydrogen-bond acceptors (Lipinski definition) is 3. The molecule has 0 aliphatic carbocycles. The lowest BCUT2D eigenvalue weighted by Gasteiger charge is -2.39. The number of H-pyrrole nitrogens is 1. The Morgan fingerprint density at radius 1 is 1.32 bits per heavy atom. The molecular weight excluding hydrogens is 276 g/mol. The van der Waals surface area contributed by atoms with Crippen LogP contribution in [0, 0.1) is 5.41 Å². The lowest BCUT2D eigenvalue weighted by Crippen LogP contribution is -2.53. The van der Waals surface area contributed by atoms with Gasteiger partial charge < -0.3 is 9.88 Å². The molecule has 3 heterocycles. The Morgan fingerprint density at radius 2 is 2.14 bits per heavy atom. The van der Waals surface area contributed by atoms with Gasteiger partial charge in [0.15, 0.2) is 0 Å². The molecule has 0 saturated carbocycles. The summed E-state index contributed by atoms with van der Waals surface area (Å²) in [5, 5.41) is 0. The van der Waals surface area contributed by atoms with Crippen molar-refractivity contribution in [3.05, 3.63) is 18.2 Å². The Kier molecular flexibility index (Phi) is 4.26. The standard InChI is InChI=1S/C17H28N4O/c1-17(2,3)12-21-9-4-5-14(16(21)22)20-10-6-13(11-20)15-18-7-8-19-15/h7-8,13-14H,4-6,9-12H2,1-3H3,(H,18,19). The van der Waals surface area contributed by atoms with Crippen LogP contribution in [0.25, 0.3) is 0 Å². The summed E-state index contributed by atoms with van der Waals surface area (Å²) >= 11 is 0. The van der Waals surface area contributed by atoms with Crippen molar-refractivity contribution in [3.63, 3.8) is 0 Å². The van der Waals surface area contributed by atoms with Gasteiger partial charge in [0.25, 0.3) is 0 Å². The van der Waals surface area contributed by atoms with Gasteiger partial charge in [0.1, 0.15) is 5.82 Å². The summed E-state index contributed by atoms with van der Waals surface area (Å²) < 4.78 is 0. The van der Waals surface area contributed by atoms with Crippen LogP contribution in [0.5, 0.6) is 0 Å². The quantitative estimate of drug-likeness (QED) is 0.932. The zero-order valence-corrected chi connectivity index (χ0v) is 14.0. The Hall–Kier alpha value is -1.36. The minimum absolute atomic E-state index is 0.0797. The fraction of sp³-hybridized carbons (Fsp3) is 0.765. The molecule has 5 heteroatoms. The first-order valence-corrected chi connectivity index (χ1v) is 8.46. The van der Waals surface area contributed by atoms with Crippen molar-refractivity contribution >= 4 is 5.91 Å². The first-order chi connectivity index (χ1) is 10.4. The second-order valence-corrected chi connectivity index (χ2v) is 7.93. The average Bonchev–Trinajstić information content (AvgIpc) is 3.09. The number of aromatic nitrogens is 2. The van der Waals surface area contributed by atoms with Gasteiger partial charge in [-0.05, 0) is 31.2 Å². The highest BCUT2D eigenvalue weighted by Crippen LogP contribution is 2.30. The number of amides is 1. The molecule has 0 radical (unpaired) electrons. The van der Waals surface area contributed by atoms with Crippen LogP contribution in [0.2, 0.25) is 0 Å². The minimum atomic E-state index is 0.0797. The molecule has 0 bridgehead atoms. The lowest BCUT2D eigenvalue weighted by molar-refractivity contribution is -0.141. The number of likely N-dealkylation sites (tertiary alicyclic amines) is 2. The molecule has 1 N–H and O–H groups in total. The number of nitrogens with one attached hydrogen (secondary N) is 1. The Balaban J connectivity index is 1.63. The normalized spacial score (nSPS) is 27.6. The van der Waals surface area contributed by atoms with E-state index in [0.717, 1.165) is 51.3 Å². The van der Waals surface area contributed by atoms with E-state index in [-0.39, 0.29) is 11.5 Å². The van der Waals surface area contributed by atoms with E-state index in [0.29, 0.717) is 11.8 Å². The fourth-order valence-corrected chi connectivity index (χ4v) is 3.78. The van der Waals surface area contributed by atoms with Gasteiger partial charge in [-0.3, -0.25) is 9.69 Å². The molecule has 2 aliphatic rings. The highest BCUT2D eigenvalue weighted by molar-refractivity contribution is 5.82. The van der Waals surface area contributed by atoms with Crippen LogP contribution in [-0.4, -0.2) is 57.9 Å². The summed E-state index contributed by atoms with van der Waals surface area (Å²) in [6, 6.07) is 0.0797. The molecule has 2 unspecified atom stereocenters. The monoisotopic (exact) mass is 304 g/mol. The largest absolute Gasteiger partial charge is 0.348 e. The van der Waals surface area contributed by atoms with Crippen LogP contribution in [0.1, 0.15) is 51.8 Å². The predicted molar refractivity (Wildman–Crippen MR) is 86.6 cm³/mol. The molecule has 122 valence electrons. The van der Waals surface area contributed by atoms with Crippen molar-refractivity contribution in [2.24, 2.45) is 5.41 Å². The maximum atomic E-state index is 12.8. The number of rotatable bonds is 3. The molecule has 5 nitrogen and oxygen atoms in total. The maximum Gasteiger partial charge on any atom is 0.239 e. The number of carbonyl (C=O) groups is 1. The molecule has 0 spiro atoms. The Morgan fingerprint density at radius 3 is 2.82 bits per heavy atom. The summed E-state index contributed by atoms with van der Waals surface area (Å²) in [6.07, 6.45) is 6.92. The van der Waals surface area contributed by atoms with Gasteiger partial charge in [0.2, 0.25) is 5.91 Å². The topological polar surface area (TPSA) is 52.2 Å². The van der Waals surface area contributed by atoms with Crippen molar-refractivity contribution in [2.75, 3.05) is 26.2 Å². The highest BCUT2D eigenvalue weighted by Gasteiger charge is 2.38. The van der Waals surface area contributed by atoms with Crippen molar-refractivity contribution in [2.45, 2.75) is 52.0 Å². The van der Waals surface area contributed by atoms with Gasteiger partial charge in [-0.2, -0.15) is 0 Å². The van der Waals surface area contributed by atoms with E-state index in [1.165, 1.54) is 0 Å². The summed E-state index contributed by atoms with van der Waals surface area (Å²) in [4.78, 5) is 24.9. The van der Waals surface area contributed by atoms with Gasteiger partial charge in [-0.15, -0.1) is 0 Å². The van der Waals surface area contributed by atoms with E-state index in [2.05, 4.69) is 40.5 Å². The van der Waals surface area contributed by atoms with Gasteiger partial charge in [-0.25, -0.2) is 4.98 Å². The average molecular weight is 304 g/mol. The van der Waals surface area contributed by atoms with E-state index in [4.69, 9.17) is 0 Å². The number of aromatic amines is 1. The van der Waals surface area contributed by atoms with E-state index >= 15 is 0 Å². The van der Waals surface area contributed by atoms with Crippen LogP contribution < -0.4 is 0 Å². The molecule has 1 amide bonds. The molecule has 2 fully saturated rings. The number of imidazole rings is 1. The number of nitrogens with zero attached hydrogens (tertiary/aromatic N) is 3. The van der Waals surface area contributed by atoms with Gasteiger partial charge in [-0.1, -0.05) is 20.8 Å². The molecular formula is C17H28N4O. The first-order valence-electron chi connectivity index (χ1n) is 8.46. The second kappa shape index (κ2) is 6.03. The molecule has 3 rings (SSSR count). The van der Waals surface area contributed by atoms with Crippen LogP contribution in [0.15, 0.2) is 12.4 Å². The SMILES string of the molecule is CC(C)(C)CN1CCCC(N2CCC(c3ncc[nH]3)C2)C1=O. The van der Waals surface area contributed by atoms with Crippen molar-refractivity contribution in [3.8, 4) is 0 Å². The van der Waals surface area contributed by atoms with Gasteiger partial charge >= 0.3 is 0 Å². The zero-order chi connectivity index (χ0) is 15.7. The third-order valence-corrected chi connectivity index (χ3v) is 4.73. The van der Waals surface area contributed by atoms with Crippen LogP contribution in [-0.2, 0) is 4.79 Å². The van der Waals surface area contributed by atoms with Crippen molar-refractivity contribution in [1.29, 1.82) is 0 Å². The van der Waals surface area contributed by atoms with E-state index in [1.807, 2.05) is 12.4 Å². The molecule has 1 aromatic rings. The molecule has 1 aromatic heterocycles. The third-order valence-electron chi connectivity index (χ3n) is 4.73. The van der Waals surface area contributed by atoms with Crippen LogP contribution >= 0.6 is 0 Å². The molecule has 22 heavy (non-hydrogen) atoms. The Bertz CT molecular complexity index is 505. The predicted octanol–water partition coefficient (Wildman–Crippen LogP) is 2.24. The number of carbonyl (C=O) groups excluding carboxylic acids is 1. The van der Waals surface area contributed by atoms with Crippen molar-refractivity contribution < 1.29 is 4.79 Å². The summed E-state index contributed by atoms with van der Waals surface area (Å²) in [5.41, 5.74) is 0.166. The summed E-state index contributed by atoms with van der Waals surface area (Å²) in [5.74, 6) is 1.85. The second-order valence-electron chi connectivity index (χ2n) is 7.93. The summed E-state index contributed by atoms with van der Waals surface area (Å²) in [6.45, 7) is 10.3. The first kappa shape index (κ1) is 15.5. The minimum Gasteiger partial charge on any atom is -0.348 e. The molecule has 2 atom stereocenters. The van der Waals surface area contributed by atoms with Crippen LogP contribution in [0.3, 0.4) is 0 Å². The van der Waals surface area contributed by atoms with E-state index in [9.17, 15) is 4.79 Å². The smallest absolute Gasteiger partial charge is 0.239 e. The summed E-state index contributed by atoms with van der Waals surface area (Å²) in [7, 11) is 0. The fourth-order valence-electron chi connectivity index (χ4n) is 3.78.